The highest BCUT2D eigenvalue weighted by atomic mass is 35.5. The van der Waals surface area contributed by atoms with Gasteiger partial charge in [-0.05, 0) is 37.0 Å². The van der Waals surface area contributed by atoms with E-state index in [1.54, 1.807) is 0 Å². The van der Waals surface area contributed by atoms with E-state index in [9.17, 15) is 0 Å². The Hall–Kier alpha value is -0.570. The van der Waals surface area contributed by atoms with Crippen LogP contribution in [-0.2, 0) is 6.54 Å². The number of nitrogens with zero attached hydrogens (tertiary/aromatic N) is 1. The molecule has 0 amide bonds. The van der Waals surface area contributed by atoms with E-state index in [0.717, 1.165) is 24.7 Å². The Bertz CT molecular complexity index is 429. The van der Waals surface area contributed by atoms with Gasteiger partial charge in [0.25, 0.3) is 0 Å². The van der Waals surface area contributed by atoms with Crippen LogP contribution in [0.15, 0.2) is 24.3 Å². The summed E-state index contributed by atoms with van der Waals surface area (Å²) in [5.74, 6) is 0. The van der Waals surface area contributed by atoms with Crippen LogP contribution in [0, 0.1) is 0 Å². The molecule has 1 aliphatic rings. The summed E-state index contributed by atoms with van der Waals surface area (Å²) >= 11 is 6.11. The minimum absolute atomic E-state index is 0.282. The Morgan fingerprint density at radius 1 is 1.30 bits per heavy atom. The van der Waals surface area contributed by atoms with E-state index in [2.05, 4.69) is 43.1 Å². The molecule has 1 fully saturated rings. The van der Waals surface area contributed by atoms with Crippen molar-refractivity contribution in [1.82, 2.24) is 10.2 Å². The van der Waals surface area contributed by atoms with Crippen LogP contribution in [0.3, 0.4) is 0 Å². The number of halogens is 1. The Labute approximate surface area is 128 Å². The number of benzene rings is 1. The smallest absolute Gasteiger partial charge is 0.0409 e. The van der Waals surface area contributed by atoms with Gasteiger partial charge in [0.15, 0.2) is 0 Å². The van der Waals surface area contributed by atoms with Gasteiger partial charge in [0.2, 0.25) is 0 Å². The van der Waals surface area contributed by atoms with Crippen molar-refractivity contribution in [3.63, 3.8) is 0 Å². The molecule has 0 radical (unpaired) electrons. The molecule has 0 bridgehead atoms. The first-order chi connectivity index (χ1) is 9.62. The summed E-state index contributed by atoms with van der Waals surface area (Å²) in [5.41, 5.74) is 1.60. The summed E-state index contributed by atoms with van der Waals surface area (Å²) in [6.45, 7) is 10.1. The summed E-state index contributed by atoms with van der Waals surface area (Å²) in [6.07, 6.45) is 3.56. The zero-order valence-electron chi connectivity index (χ0n) is 13.0. The number of hydrogen-bond acceptors (Lipinski definition) is 2. The van der Waals surface area contributed by atoms with Crippen molar-refractivity contribution in [1.29, 1.82) is 0 Å². The van der Waals surface area contributed by atoms with Crippen molar-refractivity contribution in [2.24, 2.45) is 0 Å². The van der Waals surface area contributed by atoms with Crippen LogP contribution < -0.4 is 5.32 Å². The lowest BCUT2D eigenvalue weighted by molar-refractivity contribution is 0.0643. The zero-order valence-corrected chi connectivity index (χ0v) is 13.7. The van der Waals surface area contributed by atoms with Crippen LogP contribution in [0.25, 0.3) is 0 Å². The molecule has 0 spiro atoms. The fraction of sp³-hybridized carbons (Fsp3) is 0.647. The summed E-state index contributed by atoms with van der Waals surface area (Å²) in [6, 6.07) is 8.90. The fourth-order valence-corrected chi connectivity index (χ4v) is 3.43. The number of hydrogen-bond donors (Lipinski definition) is 1. The summed E-state index contributed by atoms with van der Waals surface area (Å²) in [7, 11) is 0. The van der Waals surface area contributed by atoms with Crippen molar-refractivity contribution in [3.05, 3.63) is 34.9 Å². The second kappa shape index (κ2) is 6.93. The highest BCUT2D eigenvalue weighted by molar-refractivity contribution is 6.30. The van der Waals surface area contributed by atoms with Crippen LogP contribution >= 0.6 is 11.6 Å². The second-order valence-electron chi connectivity index (χ2n) is 5.97. The molecule has 1 N–H and O–H groups in total. The maximum atomic E-state index is 6.11. The minimum Gasteiger partial charge on any atom is -0.308 e. The van der Waals surface area contributed by atoms with Gasteiger partial charge in [-0.2, -0.15) is 0 Å². The fourth-order valence-electron chi connectivity index (χ4n) is 3.22. The molecule has 3 heteroatoms. The molecule has 2 rings (SSSR count). The molecule has 0 saturated carbocycles. The molecule has 20 heavy (non-hydrogen) atoms. The van der Waals surface area contributed by atoms with E-state index >= 15 is 0 Å². The van der Waals surface area contributed by atoms with E-state index in [-0.39, 0.29) is 5.54 Å². The van der Waals surface area contributed by atoms with Gasteiger partial charge in [-0.3, -0.25) is 4.90 Å². The van der Waals surface area contributed by atoms with E-state index in [1.807, 2.05) is 12.1 Å². The largest absolute Gasteiger partial charge is 0.308 e. The van der Waals surface area contributed by atoms with Crippen molar-refractivity contribution in [2.45, 2.75) is 58.2 Å². The number of piperazine rings is 1. The third-order valence-electron chi connectivity index (χ3n) is 4.83. The van der Waals surface area contributed by atoms with E-state index in [0.29, 0.717) is 6.04 Å². The van der Waals surface area contributed by atoms with E-state index in [1.165, 1.54) is 24.8 Å². The minimum atomic E-state index is 0.282. The standard InChI is InChI=1S/C17H27ClN2/c1-4-16-11-19-17(5-2,6-3)13-20(16)12-14-8-7-9-15(18)10-14/h7-10,16,19H,4-6,11-13H2,1-3H3. The summed E-state index contributed by atoms with van der Waals surface area (Å²) < 4.78 is 0. The molecule has 2 nitrogen and oxygen atoms in total. The maximum absolute atomic E-state index is 6.11. The highest BCUT2D eigenvalue weighted by Crippen LogP contribution is 2.25. The normalized spacial score (nSPS) is 22.9. The Morgan fingerprint density at radius 3 is 2.65 bits per heavy atom. The third kappa shape index (κ3) is 3.55. The molecular weight excluding hydrogens is 268 g/mol. The first-order valence-corrected chi connectivity index (χ1v) is 8.23. The Kier molecular flexibility index (Phi) is 5.48. The van der Waals surface area contributed by atoms with Gasteiger partial charge in [0, 0.05) is 36.2 Å². The quantitative estimate of drug-likeness (QED) is 0.880. The van der Waals surface area contributed by atoms with Gasteiger partial charge >= 0.3 is 0 Å². The lowest BCUT2D eigenvalue weighted by Gasteiger charge is -2.47. The average Bonchev–Trinajstić information content (AvgIpc) is 2.47. The monoisotopic (exact) mass is 294 g/mol. The van der Waals surface area contributed by atoms with Gasteiger partial charge in [0.1, 0.15) is 0 Å². The first kappa shape index (κ1) is 15.8. The van der Waals surface area contributed by atoms with Gasteiger partial charge in [0.05, 0.1) is 0 Å². The predicted molar refractivity (Wildman–Crippen MR) is 87.3 cm³/mol. The molecule has 1 aliphatic heterocycles. The van der Waals surface area contributed by atoms with Crippen LogP contribution in [0.5, 0.6) is 0 Å². The lowest BCUT2D eigenvalue weighted by Crippen LogP contribution is -2.63. The van der Waals surface area contributed by atoms with Gasteiger partial charge in [-0.15, -0.1) is 0 Å². The Balaban J connectivity index is 2.13. The lowest BCUT2D eigenvalue weighted by atomic mass is 9.88. The SMILES string of the molecule is CCC1CNC(CC)(CC)CN1Cc1cccc(Cl)c1. The Morgan fingerprint density at radius 2 is 2.05 bits per heavy atom. The molecule has 112 valence electrons. The van der Waals surface area contributed by atoms with E-state index < -0.39 is 0 Å². The molecular formula is C17H27ClN2. The van der Waals surface area contributed by atoms with E-state index in [4.69, 9.17) is 11.6 Å². The molecule has 1 heterocycles. The first-order valence-electron chi connectivity index (χ1n) is 7.86. The van der Waals surface area contributed by atoms with Crippen LogP contribution in [-0.4, -0.2) is 29.6 Å². The van der Waals surface area contributed by atoms with Gasteiger partial charge in [-0.1, -0.05) is 44.5 Å². The van der Waals surface area contributed by atoms with Crippen molar-refractivity contribution < 1.29 is 0 Å². The van der Waals surface area contributed by atoms with Crippen LogP contribution in [0.4, 0.5) is 0 Å². The van der Waals surface area contributed by atoms with Crippen molar-refractivity contribution >= 4 is 11.6 Å². The zero-order chi connectivity index (χ0) is 14.6. The second-order valence-corrected chi connectivity index (χ2v) is 6.40. The topological polar surface area (TPSA) is 15.3 Å². The average molecular weight is 295 g/mol. The van der Waals surface area contributed by atoms with Crippen molar-refractivity contribution in [3.8, 4) is 0 Å². The third-order valence-corrected chi connectivity index (χ3v) is 5.07. The molecule has 0 aromatic heterocycles. The molecule has 1 atom stereocenters. The van der Waals surface area contributed by atoms with Crippen LogP contribution in [0.2, 0.25) is 5.02 Å². The van der Waals surface area contributed by atoms with Gasteiger partial charge in [-0.25, -0.2) is 0 Å². The number of nitrogens with one attached hydrogen (secondary N) is 1. The molecule has 1 aromatic carbocycles. The molecule has 0 aliphatic carbocycles. The maximum Gasteiger partial charge on any atom is 0.0409 e. The molecule has 1 saturated heterocycles. The molecule has 1 unspecified atom stereocenters. The molecule has 1 aromatic rings. The van der Waals surface area contributed by atoms with Gasteiger partial charge < -0.3 is 5.32 Å². The highest BCUT2D eigenvalue weighted by Gasteiger charge is 2.35. The summed E-state index contributed by atoms with van der Waals surface area (Å²) in [5, 5.41) is 4.63. The number of rotatable bonds is 5. The predicted octanol–water partition coefficient (Wildman–Crippen LogP) is 4.08. The summed E-state index contributed by atoms with van der Waals surface area (Å²) in [4.78, 5) is 2.63. The van der Waals surface area contributed by atoms with Crippen molar-refractivity contribution in [2.75, 3.05) is 13.1 Å². The van der Waals surface area contributed by atoms with Crippen LogP contribution in [0.1, 0.15) is 45.6 Å².